The maximum Gasteiger partial charge on any atom is 0.251 e. The smallest absolute Gasteiger partial charge is 0.251 e. The molecule has 5 nitrogen and oxygen atoms in total. The summed E-state index contributed by atoms with van der Waals surface area (Å²) in [5.41, 5.74) is 1.38. The van der Waals surface area contributed by atoms with Gasteiger partial charge in [0.15, 0.2) is 0 Å². The van der Waals surface area contributed by atoms with Gasteiger partial charge in [-0.25, -0.2) is 4.39 Å². The lowest BCUT2D eigenvalue weighted by molar-refractivity contribution is 0.0922. The van der Waals surface area contributed by atoms with Gasteiger partial charge in [-0.3, -0.25) is 4.79 Å². The number of anilines is 1. The molecule has 0 saturated carbocycles. The van der Waals surface area contributed by atoms with E-state index in [2.05, 4.69) is 10.6 Å². The Morgan fingerprint density at radius 2 is 2.00 bits per heavy atom. The van der Waals surface area contributed by atoms with Crippen molar-refractivity contribution < 1.29 is 19.0 Å². The normalized spacial score (nSPS) is 11.6. The van der Waals surface area contributed by atoms with Crippen molar-refractivity contribution in [2.24, 2.45) is 0 Å². The van der Waals surface area contributed by atoms with Crippen molar-refractivity contribution in [2.45, 2.75) is 13.0 Å². The van der Waals surface area contributed by atoms with Crippen LogP contribution in [0, 0.1) is 5.82 Å². The minimum atomic E-state index is -0.329. The highest BCUT2D eigenvalue weighted by Crippen LogP contribution is 2.12. The maximum atomic E-state index is 13.0. The van der Waals surface area contributed by atoms with Gasteiger partial charge in [0.1, 0.15) is 18.2 Å². The first-order valence-electron chi connectivity index (χ1n) is 7.72. The number of aliphatic hydroxyl groups excluding tert-OH is 1. The standard InChI is InChI=1S/C18H21FN2O3/c1-13(12-22)21-18(23)14-5-7-16(8-6-14)20-9-10-24-17-4-2-3-15(19)11-17/h2-8,11,13,20,22H,9-10,12H2,1H3,(H,21,23). The molecule has 0 radical (unpaired) electrons. The van der Waals surface area contributed by atoms with Crippen LogP contribution in [-0.4, -0.2) is 36.8 Å². The summed E-state index contributed by atoms with van der Waals surface area (Å²) in [4.78, 5) is 11.9. The van der Waals surface area contributed by atoms with Gasteiger partial charge in [-0.2, -0.15) is 0 Å². The fraction of sp³-hybridized carbons (Fsp3) is 0.278. The predicted molar refractivity (Wildman–Crippen MR) is 90.8 cm³/mol. The molecule has 0 aromatic heterocycles. The molecule has 0 heterocycles. The second-order valence-corrected chi connectivity index (χ2v) is 5.37. The van der Waals surface area contributed by atoms with Crippen LogP contribution in [0.25, 0.3) is 0 Å². The van der Waals surface area contributed by atoms with Crippen molar-refractivity contribution in [3.63, 3.8) is 0 Å². The van der Waals surface area contributed by atoms with Crippen LogP contribution >= 0.6 is 0 Å². The van der Waals surface area contributed by atoms with Crippen LogP contribution in [0.3, 0.4) is 0 Å². The maximum absolute atomic E-state index is 13.0. The molecule has 0 spiro atoms. The minimum Gasteiger partial charge on any atom is -0.492 e. The molecule has 0 aliphatic heterocycles. The first-order valence-corrected chi connectivity index (χ1v) is 7.72. The summed E-state index contributed by atoms with van der Waals surface area (Å²) in [5, 5.41) is 14.8. The SMILES string of the molecule is CC(CO)NC(=O)c1ccc(NCCOc2cccc(F)c2)cc1. The summed E-state index contributed by atoms with van der Waals surface area (Å²) in [6.45, 7) is 2.56. The molecule has 1 amide bonds. The molecule has 2 aromatic carbocycles. The fourth-order valence-electron chi connectivity index (χ4n) is 2.01. The monoisotopic (exact) mass is 332 g/mol. The molecular weight excluding hydrogens is 311 g/mol. The molecule has 0 fully saturated rings. The lowest BCUT2D eigenvalue weighted by Crippen LogP contribution is -2.34. The molecule has 0 aliphatic rings. The number of benzene rings is 2. The topological polar surface area (TPSA) is 70.6 Å². The summed E-state index contributed by atoms with van der Waals surface area (Å²) < 4.78 is 18.4. The van der Waals surface area contributed by atoms with Crippen molar-refractivity contribution >= 4 is 11.6 Å². The number of aliphatic hydroxyl groups is 1. The fourth-order valence-corrected chi connectivity index (χ4v) is 2.01. The average Bonchev–Trinajstić information content (AvgIpc) is 2.59. The first-order chi connectivity index (χ1) is 11.6. The molecule has 24 heavy (non-hydrogen) atoms. The first kappa shape index (κ1) is 17.7. The Kier molecular flexibility index (Phi) is 6.57. The van der Waals surface area contributed by atoms with Gasteiger partial charge in [-0.15, -0.1) is 0 Å². The van der Waals surface area contributed by atoms with Crippen LogP contribution in [0.2, 0.25) is 0 Å². The summed E-state index contributed by atoms with van der Waals surface area (Å²) in [6, 6.07) is 12.7. The molecular formula is C18H21FN2O3. The van der Waals surface area contributed by atoms with Gasteiger partial charge in [-0.1, -0.05) is 6.07 Å². The Bertz CT molecular complexity index is 662. The lowest BCUT2D eigenvalue weighted by Gasteiger charge is -2.12. The quantitative estimate of drug-likeness (QED) is 0.649. The van der Waals surface area contributed by atoms with E-state index in [-0.39, 0.29) is 24.4 Å². The molecule has 1 unspecified atom stereocenters. The molecule has 0 saturated heterocycles. The average molecular weight is 332 g/mol. The third-order valence-corrected chi connectivity index (χ3v) is 3.29. The molecule has 1 atom stereocenters. The van der Waals surface area contributed by atoms with Crippen molar-refractivity contribution in [3.05, 3.63) is 59.9 Å². The second kappa shape index (κ2) is 8.88. The zero-order valence-electron chi connectivity index (χ0n) is 13.5. The molecule has 2 rings (SSSR count). The van der Waals surface area contributed by atoms with E-state index >= 15 is 0 Å². The molecule has 6 heteroatoms. The Hall–Kier alpha value is -2.60. The molecule has 128 valence electrons. The van der Waals surface area contributed by atoms with Gasteiger partial charge in [0.05, 0.1) is 6.61 Å². The number of hydrogen-bond acceptors (Lipinski definition) is 4. The van der Waals surface area contributed by atoms with Crippen LogP contribution in [0.1, 0.15) is 17.3 Å². The van der Waals surface area contributed by atoms with Crippen molar-refractivity contribution in [1.82, 2.24) is 5.32 Å². The van der Waals surface area contributed by atoms with E-state index in [1.165, 1.54) is 12.1 Å². The van der Waals surface area contributed by atoms with Gasteiger partial charge in [0.25, 0.3) is 5.91 Å². The zero-order chi connectivity index (χ0) is 17.4. The van der Waals surface area contributed by atoms with E-state index in [0.717, 1.165) is 5.69 Å². The van der Waals surface area contributed by atoms with E-state index < -0.39 is 0 Å². The van der Waals surface area contributed by atoms with Crippen LogP contribution in [0.4, 0.5) is 10.1 Å². The largest absolute Gasteiger partial charge is 0.492 e. The number of amides is 1. The van der Waals surface area contributed by atoms with Crippen molar-refractivity contribution in [1.29, 1.82) is 0 Å². The number of hydrogen-bond donors (Lipinski definition) is 3. The third kappa shape index (κ3) is 5.55. The Balaban J connectivity index is 1.76. The molecule has 0 aliphatic carbocycles. The van der Waals surface area contributed by atoms with E-state index in [1.807, 2.05) is 0 Å². The summed E-state index contributed by atoms with van der Waals surface area (Å²) in [6.07, 6.45) is 0. The van der Waals surface area contributed by atoms with E-state index in [1.54, 1.807) is 43.3 Å². The number of halogens is 1. The lowest BCUT2D eigenvalue weighted by atomic mass is 10.2. The zero-order valence-corrected chi connectivity index (χ0v) is 13.5. The predicted octanol–water partition coefficient (Wildman–Crippen LogP) is 2.43. The summed E-state index contributed by atoms with van der Waals surface area (Å²) >= 11 is 0. The molecule has 0 bridgehead atoms. The van der Waals surface area contributed by atoms with Crippen molar-refractivity contribution in [3.8, 4) is 5.75 Å². The summed E-state index contributed by atoms with van der Waals surface area (Å²) in [7, 11) is 0. The third-order valence-electron chi connectivity index (χ3n) is 3.29. The van der Waals surface area contributed by atoms with Crippen molar-refractivity contribution in [2.75, 3.05) is 25.1 Å². The molecule has 3 N–H and O–H groups in total. The number of carbonyl (C=O) groups excluding carboxylic acids is 1. The summed E-state index contributed by atoms with van der Waals surface area (Å²) in [5.74, 6) is -0.0656. The van der Waals surface area contributed by atoms with Gasteiger partial charge in [0, 0.05) is 29.9 Å². The Morgan fingerprint density at radius 3 is 2.67 bits per heavy atom. The second-order valence-electron chi connectivity index (χ2n) is 5.37. The van der Waals surface area contributed by atoms with Crippen LogP contribution in [-0.2, 0) is 0 Å². The number of rotatable bonds is 8. The minimum absolute atomic E-state index is 0.101. The number of nitrogens with one attached hydrogen (secondary N) is 2. The van der Waals surface area contributed by atoms with Crippen LogP contribution < -0.4 is 15.4 Å². The van der Waals surface area contributed by atoms with E-state index in [9.17, 15) is 9.18 Å². The Labute approximate surface area is 140 Å². The highest BCUT2D eigenvalue weighted by atomic mass is 19.1. The highest BCUT2D eigenvalue weighted by Gasteiger charge is 2.08. The van der Waals surface area contributed by atoms with Gasteiger partial charge < -0.3 is 20.5 Å². The number of ether oxygens (including phenoxy) is 1. The van der Waals surface area contributed by atoms with Gasteiger partial charge in [0.2, 0.25) is 0 Å². The van der Waals surface area contributed by atoms with E-state index in [0.29, 0.717) is 24.5 Å². The Morgan fingerprint density at radius 1 is 1.25 bits per heavy atom. The van der Waals surface area contributed by atoms with Gasteiger partial charge in [-0.05, 0) is 43.3 Å². The molecule has 2 aromatic rings. The highest BCUT2D eigenvalue weighted by molar-refractivity contribution is 5.94. The van der Waals surface area contributed by atoms with E-state index in [4.69, 9.17) is 9.84 Å². The number of carbonyl (C=O) groups is 1. The van der Waals surface area contributed by atoms with Crippen LogP contribution in [0.15, 0.2) is 48.5 Å². The van der Waals surface area contributed by atoms with Crippen LogP contribution in [0.5, 0.6) is 5.75 Å². The van der Waals surface area contributed by atoms with Gasteiger partial charge >= 0.3 is 0 Å².